The van der Waals surface area contributed by atoms with Gasteiger partial charge >= 0.3 is 6.03 Å². The predicted octanol–water partition coefficient (Wildman–Crippen LogP) is 5.19. The third-order valence-electron chi connectivity index (χ3n) is 15.5. The second kappa shape index (κ2) is 44.2. The number of thioether (sulfide) groups is 1. The molecular formula is C67H100N10O13S. The average Bonchev–Trinajstić information content (AvgIpc) is 2.10. The van der Waals surface area contributed by atoms with Crippen LogP contribution in [0, 0.1) is 0 Å². The monoisotopic (exact) mass is 1280 g/mol. The van der Waals surface area contributed by atoms with Gasteiger partial charge in [0.2, 0.25) is 47.3 Å². The molecule has 5 rings (SSSR count). The number of carbonyl (C=O) groups excluding carboxylic acids is 10. The first-order valence-corrected chi connectivity index (χ1v) is 32.9. The number of benzene rings is 3. The van der Waals surface area contributed by atoms with Crippen LogP contribution in [0.4, 0.5) is 4.79 Å². The topological polar surface area (TPSA) is 266 Å². The minimum Gasteiger partial charge on any atom is -0.383 e. The van der Waals surface area contributed by atoms with Crippen molar-refractivity contribution < 1.29 is 62.2 Å². The van der Waals surface area contributed by atoms with E-state index in [1.807, 2.05) is 110 Å². The summed E-state index contributed by atoms with van der Waals surface area (Å²) in [5, 5.41) is 12.3. The number of ether oxygens (including phenoxy) is 3. The van der Waals surface area contributed by atoms with Crippen molar-refractivity contribution in [3.8, 4) is 0 Å². The van der Waals surface area contributed by atoms with E-state index in [0.29, 0.717) is 63.8 Å². The van der Waals surface area contributed by atoms with Gasteiger partial charge in [0.1, 0.15) is 18.9 Å². The highest BCUT2D eigenvalue weighted by molar-refractivity contribution is 8.00. The number of methoxy groups -OCH3 is 3. The summed E-state index contributed by atoms with van der Waals surface area (Å²) in [4.78, 5) is 135. The molecule has 2 aliphatic heterocycles. The summed E-state index contributed by atoms with van der Waals surface area (Å²) in [5.74, 6) is -0.743. The van der Waals surface area contributed by atoms with Crippen LogP contribution in [0.1, 0.15) is 115 Å². The Hall–Kier alpha value is -7.41. The van der Waals surface area contributed by atoms with Crippen molar-refractivity contribution in [2.75, 3.05) is 119 Å². The third kappa shape index (κ3) is 30.5. The number of ketones is 1. The van der Waals surface area contributed by atoms with E-state index in [0.717, 1.165) is 73.8 Å². The van der Waals surface area contributed by atoms with E-state index in [2.05, 4.69) is 21.3 Å². The van der Waals surface area contributed by atoms with Crippen molar-refractivity contribution in [2.45, 2.75) is 135 Å². The van der Waals surface area contributed by atoms with E-state index >= 15 is 0 Å². The van der Waals surface area contributed by atoms with Gasteiger partial charge in [0.05, 0.1) is 51.5 Å². The highest BCUT2D eigenvalue weighted by Gasteiger charge is 2.42. The lowest BCUT2D eigenvalue weighted by Gasteiger charge is -2.29. The van der Waals surface area contributed by atoms with Crippen LogP contribution in [0.25, 0.3) is 0 Å². The van der Waals surface area contributed by atoms with Gasteiger partial charge in [0.25, 0.3) is 0 Å². The maximum absolute atomic E-state index is 13.7. The number of Topliss-reactive ketones (excluding diaryl/α,β-unsaturated/α-hetero) is 1. The van der Waals surface area contributed by atoms with Gasteiger partial charge in [-0.3, -0.25) is 43.2 Å². The first-order valence-electron chi connectivity index (χ1n) is 31.9. The standard InChI is InChI=1S/C41H67N7O8S.C26H33N3O5/c1-4-46(24-26-55-2)38(52)30-48(28-32-16-8-5-9-17-32)39(53)29-47(25-27-56-3)37(51)21-11-7-15-23-42-35(49)19-10-6-14-22-43-36(50)20-13-12-18-34-40-33(31-57-34)44-41(54)45-40;1-21(30)16-29(18-24-12-8-5-9-13-24)26(33)19-27(14-15-34-3)25(32)20-28(22(2)31)17-23-10-6-4-7-11-23/h5,8-9,16-17,33-34,40H,4,6-7,10-15,18-31H2,1-3H3,(H,42,49)(H,43,50)(H2,44,45,54);4-13H,14-20H2,1-3H3/t33-,34?,40-;/m0./s1. The van der Waals surface area contributed by atoms with Gasteiger partial charge in [0, 0.05) is 117 Å². The van der Waals surface area contributed by atoms with E-state index in [9.17, 15) is 47.9 Å². The zero-order valence-corrected chi connectivity index (χ0v) is 55.3. The summed E-state index contributed by atoms with van der Waals surface area (Å²) in [7, 11) is 4.64. The number of urea groups is 1. The van der Waals surface area contributed by atoms with E-state index in [4.69, 9.17) is 14.2 Å². The molecule has 2 saturated heterocycles. The summed E-state index contributed by atoms with van der Waals surface area (Å²) in [6.45, 7) is 8.26. The Kier molecular flexibility index (Phi) is 36.9. The molecule has 502 valence electrons. The highest BCUT2D eigenvalue weighted by atomic mass is 32.2. The molecule has 0 radical (unpaired) electrons. The Labute approximate surface area is 542 Å². The first-order chi connectivity index (χ1) is 43.9. The fourth-order valence-electron chi connectivity index (χ4n) is 10.4. The lowest BCUT2D eigenvalue weighted by molar-refractivity contribution is -0.145. The van der Waals surface area contributed by atoms with Crippen LogP contribution in [0.5, 0.6) is 0 Å². The van der Waals surface area contributed by atoms with Gasteiger partial charge in [0.15, 0.2) is 0 Å². The van der Waals surface area contributed by atoms with Gasteiger partial charge in [-0.05, 0) is 69.1 Å². The fraction of sp³-hybridized carbons (Fsp3) is 0.582. The summed E-state index contributed by atoms with van der Waals surface area (Å²) in [5.41, 5.74) is 2.68. The molecule has 0 spiro atoms. The van der Waals surface area contributed by atoms with Crippen LogP contribution in [0.15, 0.2) is 91.0 Å². The van der Waals surface area contributed by atoms with Crippen LogP contribution in [-0.2, 0) is 77.0 Å². The number of carbonyl (C=O) groups is 10. The zero-order valence-electron chi connectivity index (χ0n) is 54.5. The molecular weight excluding hydrogens is 1180 g/mol. The van der Waals surface area contributed by atoms with E-state index in [-0.39, 0.29) is 150 Å². The summed E-state index contributed by atoms with van der Waals surface area (Å²) >= 11 is 1.89. The Balaban J connectivity index is 0.000000442. The van der Waals surface area contributed by atoms with Crippen LogP contribution < -0.4 is 21.3 Å². The molecule has 2 aliphatic rings. The van der Waals surface area contributed by atoms with Gasteiger partial charge in [-0.2, -0.15) is 11.8 Å². The van der Waals surface area contributed by atoms with Crippen molar-refractivity contribution in [3.63, 3.8) is 0 Å². The number of likely N-dealkylation sites (N-methyl/N-ethyl adjacent to an activating group) is 1. The van der Waals surface area contributed by atoms with Crippen LogP contribution in [-0.4, -0.2) is 225 Å². The average molecular weight is 1290 g/mol. The molecule has 0 aromatic heterocycles. The third-order valence-corrected chi connectivity index (χ3v) is 17.0. The largest absolute Gasteiger partial charge is 0.383 e. The molecule has 3 aromatic rings. The van der Waals surface area contributed by atoms with Gasteiger partial charge in [-0.15, -0.1) is 0 Å². The van der Waals surface area contributed by atoms with Crippen molar-refractivity contribution in [1.29, 1.82) is 0 Å². The molecule has 0 aliphatic carbocycles. The summed E-state index contributed by atoms with van der Waals surface area (Å²) < 4.78 is 15.5. The number of hydrogen-bond acceptors (Lipinski definition) is 14. The minimum atomic E-state index is -0.362. The highest BCUT2D eigenvalue weighted by Crippen LogP contribution is 2.33. The van der Waals surface area contributed by atoms with E-state index < -0.39 is 0 Å². The van der Waals surface area contributed by atoms with E-state index in [1.54, 1.807) is 19.1 Å². The molecule has 1 unspecified atom stereocenters. The second-order valence-electron chi connectivity index (χ2n) is 22.8. The van der Waals surface area contributed by atoms with Crippen molar-refractivity contribution in [3.05, 3.63) is 108 Å². The maximum Gasteiger partial charge on any atom is 0.315 e. The number of nitrogens with one attached hydrogen (secondary N) is 4. The lowest BCUT2D eigenvalue weighted by atomic mass is 10.0. The number of unbranched alkanes of at least 4 members (excludes halogenated alkanes) is 5. The number of fused-ring (bicyclic) bond motifs is 1. The summed E-state index contributed by atoms with van der Waals surface area (Å²) in [6.07, 6.45) is 8.52. The molecule has 3 aromatic carbocycles. The summed E-state index contributed by atoms with van der Waals surface area (Å²) in [6, 6.07) is 28.6. The fourth-order valence-corrected chi connectivity index (χ4v) is 11.9. The molecule has 91 heavy (non-hydrogen) atoms. The molecule has 2 heterocycles. The Morgan fingerprint density at radius 1 is 0.484 bits per heavy atom. The molecule has 10 amide bonds. The number of amides is 10. The Bertz CT molecular complexity index is 2700. The van der Waals surface area contributed by atoms with Crippen molar-refractivity contribution in [2.24, 2.45) is 0 Å². The quantitative estimate of drug-likeness (QED) is 0.0420. The second-order valence-corrected chi connectivity index (χ2v) is 24.1. The van der Waals surface area contributed by atoms with Crippen LogP contribution >= 0.6 is 11.8 Å². The van der Waals surface area contributed by atoms with Crippen molar-refractivity contribution in [1.82, 2.24) is 50.7 Å². The number of rotatable bonds is 43. The molecule has 2 fully saturated rings. The minimum absolute atomic E-state index is 0.00152. The molecule has 0 saturated carbocycles. The predicted molar refractivity (Wildman–Crippen MR) is 350 cm³/mol. The number of nitrogens with zero attached hydrogens (tertiary/aromatic N) is 6. The lowest BCUT2D eigenvalue weighted by Crippen LogP contribution is -2.48. The molecule has 24 heteroatoms. The normalized spacial score (nSPS) is 14.5. The maximum atomic E-state index is 13.7. The molecule has 4 N–H and O–H groups in total. The first kappa shape index (κ1) is 76.0. The Morgan fingerprint density at radius 2 is 0.890 bits per heavy atom. The van der Waals surface area contributed by atoms with Gasteiger partial charge in [-0.1, -0.05) is 110 Å². The van der Waals surface area contributed by atoms with Gasteiger partial charge in [-0.25, -0.2) is 4.79 Å². The number of hydrogen-bond donors (Lipinski definition) is 4. The van der Waals surface area contributed by atoms with E-state index in [1.165, 1.54) is 45.5 Å². The van der Waals surface area contributed by atoms with Crippen LogP contribution in [0.3, 0.4) is 0 Å². The zero-order chi connectivity index (χ0) is 66.2. The molecule has 0 bridgehead atoms. The van der Waals surface area contributed by atoms with Crippen molar-refractivity contribution >= 4 is 70.8 Å². The Morgan fingerprint density at radius 3 is 1.36 bits per heavy atom. The SMILES string of the molecule is CCN(CCOC)C(=O)CN(Cc1ccccc1)C(=O)CN(CCOC)C(=O)CCCCCNC(=O)CCCCCNC(=O)CCCCC1SC[C@@H]2NC(=O)N[C@H]12.COCCN(CC(=O)N(CC(C)=O)Cc1ccccc1)C(=O)CN(Cc1ccccc1)C(C)=O. The van der Waals surface area contributed by atoms with Gasteiger partial charge < -0.3 is 64.9 Å². The molecule has 23 nitrogen and oxygen atoms in total. The molecule has 3 atom stereocenters. The van der Waals surface area contributed by atoms with Crippen LogP contribution in [0.2, 0.25) is 0 Å². The smallest absolute Gasteiger partial charge is 0.315 e.